The molecule has 8 rings (SSSR count). The number of pyridine rings is 2. The van der Waals surface area contributed by atoms with Gasteiger partial charge in [0.2, 0.25) is 35.4 Å². The van der Waals surface area contributed by atoms with E-state index in [1.807, 2.05) is 100 Å². The minimum absolute atomic E-state index is 0.0792. The van der Waals surface area contributed by atoms with Crippen molar-refractivity contribution in [1.82, 2.24) is 30.4 Å². The number of likely N-dealkylation sites (tertiary alicyclic amines) is 2. The number of benzene rings is 2. The number of hydrogen-bond acceptors (Lipinski definition) is 8. The molecule has 14 nitrogen and oxygen atoms in total. The zero-order valence-electron chi connectivity index (χ0n) is 42.8. The zero-order chi connectivity index (χ0) is 51.0. The van der Waals surface area contributed by atoms with Gasteiger partial charge in [-0.15, -0.1) is 0 Å². The molecule has 4 fully saturated rings. The van der Waals surface area contributed by atoms with E-state index < -0.39 is 24.2 Å². The number of aromatic nitrogens is 2. The summed E-state index contributed by atoms with van der Waals surface area (Å²) in [6.45, 7) is 8.79. The molecule has 4 aromatic rings. The van der Waals surface area contributed by atoms with Crippen LogP contribution in [0.25, 0.3) is 22.4 Å². The Morgan fingerprint density at radius 2 is 1.01 bits per heavy atom. The minimum atomic E-state index is -0.571. The van der Waals surface area contributed by atoms with Crippen LogP contribution in [0.4, 0.5) is 11.4 Å². The lowest BCUT2D eigenvalue weighted by Crippen LogP contribution is -2.56. The molecular formula is C58H76N8O6. The molecule has 4 heterocycles. The average Bonchev–Trinajstić information content (AvgIpc) is 4.14. The first-order valence-electron chi connectivity index (χ1n) is 26.8. The Labute approximate surface area is 426 Å². The van der Waals surface area contributed by atoms with E-state index in [9.17, 15) is 28.8 Å². The van der Waals surface area contributed by atoms with Crippen LogP contribution in [0.3, 0.4) is 0 Å². The quantitative estimate of drug-likeness (QED) is 0.0856. The third-order valence-electron chi connectivity index (χ3n) is 15.4. The van der Waals surface area contributed by atoms with E-state index in [1.165, 1.54) is 12.8 Å². The standard InChI is InChI=1S/2C29H38N4O3/c1-3-20(2)27(34)32-26(22-14-8-5-9-15-22)29(36)33-19-11-17-24(33)28(35)31-23-16-10-18-30-25(23)21-12-6-4-7-13-21;1-3-20(2)27(34)32-26(22-13-8-5-9-14-22)29(36)33-18-10-15-25(33)28(35)31-24-19-30-17-16-23(24)21-11-6-4-7-12-21/h4,6-7,10,12-13,16,18,20,22,24,26H,3,5,8-9,11,14-15,17,19H2,1-2H3,(H,31,35)(H,32,34);4,6-7,11-12,16-17,19-20,22,25-26H,3,5,8-10,13-15,18H2,1-2H3,(H,31,35)(H,32,34)/t20-,24+,26+;20-,25+,26+/m11/s1. The number of carbonyl (C=O) groups excluding carboxylic acids is 6. The summed E-state index contributed by atoms with van der Waals surface area (Å²) in [5.41, 5.74) is 4.74. The smallest absolute Gasteiger partial charge is 0.247 e. The lowest BCUT2D eigenvalue weighted by molar-refractivity contribution is -0.142. The van der Waals surface area contributed by atoms with Crippen LogP contribution in [0.2, 0.25) is 0 Å². The van der Waals surface area contributed by atoms with Crippen LogP contribution in [0, 0.1) is 23.7 Å². The van der Waals surface area contributed by atoms with E-state index in [0.717, 1.165) is 93.7 Å². The first-order valence-corrected chi connectivity index (χ1v) is 26.8. The van der Waals surface area contributed by atoms with Crippen molar-refractivity contribution >= 4 is 46.8 Å². The summed E-state index contributed by atoms with van der Waals surface area (Å²) in [6.07, 6.45) is 19.6. The van der Waals surface area contributed by atoms with Crippen molar-refractivity contribution in [3.05, 3.63) is 97.5 Å². The highest BCUT2D eigenvalue weighted by Crippen LogP contribution is 2.33. The fourth-order valence-electron chi connectivity index (χ4n) is 10.8. The Balaban J connectivity index is 0.000000211. The van der Waals surface area contributed by atoms with E-state index in [1.54, 1.807) is 34.5 Å². The predicted molar refractivity (Wildman–Crippen MR) is 282 cm³/mol. The molecule has 72 heavy (non-hydrogen) atoms. The molecule has 4 N–H and O–H groups in total. The highest BCUT2D eigenvalue weighted by molar-refractivity contribution is 6.02. The van der Waals surface area contributed by atoms with Gasteiger partial charge >= 0.3 is 0 Å². The van der Waals surface area contributed by atoms with Gasteiger partial charge in [-0.05, 0) is 99.8 Å². The Bertz CT molecular complexity index is 2270. The summed E-state index contributed by atoms with van der Waals surface area (Å²) in [6, 6.07) is 22.8. The van der Waals surface area contributed by atoms with Gasteiger partial charge in [-0.25, -0.2) is 0 Å². The Morgan fingerprint density at radius 1 is 0.542 bits per heavy atom. The maximum Gasteiger partial charge on any atom is 0.247 e. The van der Waals surface area contributed by atoms with Gasteiger partial charge in [0.15, 0.2) is 0 Å². The molecule has 6 atom stereocenters. The van der Waals surface area contributed by atoms with E-state index in [4.69, 9.17) is 0 Å². The zero-order valence-corrected chi connectivity index (χ0v) is 42.8. The SMILES string of the molecule is CC[C@@H](C)C(=O)N[C@H](C(=O)N1CCC[C@H]1C(=O)Nc1cccnc1-c1ccccc1)C1CCCCC1.CC[C@@H](C)C(=O)N[C@H](C(=O)N1CCC[C@H]1C(=O)Nc1cnccc1-c1ccccc1)C1CCCCC1. The molecule has 2 aliphatic heterocycles. The average molecular weight is 981 g/mol. The Kier molecular flexibility index (Phi) is 19.5. The molecule has 0 bridgehead atoms. The lowest BCUT2D eigenvalue weighted by atomic mass is 9.83. The molecule has 6 amide bonds. The number of nitrogens with zero attached hydrogens (tertiary/aromatic N) is 4. The second-order valence-corrected chi connectivity index (χ2v) is 20.3. The molecule has 4 aliphatic rings. The van der Waals surface area contributed by atoms with Crippen LogP contribution in [-0.4, -0.2) is 92.5 Å². The van der Waals surface area contributed by atoms with Crippen LogP contribution in [-0.2, 0) is 28.8 Å². The lowest BCUT2D eigenvalue weighted by Gasteiger charge is -2.35. The van der Waals surface area contributed by atoms with Gasteiger partial charge in [0.1, 0.15) is 24.2 Å². The normalized spacial score (nSPS) is 19.9. The predicted octanol–water partition coefficient (Wildman–Crippen LogP) is 9.58. The largest absolute Gasteiger partial charge is 0.344 e. The van der Waals surface area contributed by atoms with E-state index in [2.05, 4.69) is 31.2 Å². The molecule has 0 unspecified atom stereocenters. The van der Waals surface area contributed by atoms with Gasteiger partial charge in [-0.2, -0.15) is 0 Å². The molecular weight excluding hydrogens is 905 g/mol. The summed E-state index contributed by atoms with van der Waals surface area (Å²) in [5, 5.41) is 12.2. The minimum Gasteiger partial charge on any atom is -0.344 e. The van der Waals surface area contributed by atoms with Crippen molar-refractivity contribution in [1.29, 1.82) is 0 Å². The third-order valence-corrected chi connectivity index (χ3v) is 15.4. The van der Waals surface area contributed by atoms with Crippen molar-refractivity contribution in [3.8, 4) is 22.4 Å². The van der Waals surface area contributed by atoms with Gasteiger partial charge in [0, 0.05) is 48.4 Å². The van der Waals surface area contributed by atoms with Crippen molar-refractivity contribution in [3.63, 3.8) is 0 Å². The summed E-state index contributed by atoms with van der Waals surface area (Å²) in [5.74, 6) is -0.876. The first kappa shape index (κ1) is 53.4. The topological polar surface area (TPSA) is 183 Å². The molecule has 2 saturated heterocycles. The van der Waals surface area contributed by atoms with E-state index in [-0.39, 0.29) is 59.1 Å². The molecule has 2 aromatic heterocycles. The molecule has 2 aromatic carbocycles. The molecule has 0 spiro atoms. The molecule has 2 aliphatic carbocycles. The maximum atomic E-state index is 13.9. The van der Waals surface area contributed by atoms with Crippen LogP contribution < -0.4 is 21.3 Å². The molecule has 384 valence electrons. The summed E-state index contributed by atoms with van der Waals surface area (Å²) < 4.78 is 0. The summed E-state index contributed by atoms with van der Waals surface area (Å²) in [4.78, 5) is 92.4. The van der Waals surface area contributed by atoms with E-state index in [0.29, 0.717) is 43.0 Å². The molecule has 2 saturated carbocycles. The molecule has 0 radical (unpaired) electrons. The van der Waals surface area contributed by atoms with Crippen LogP contribution in [0.5, 0.6) is 0 Å². The maximum absolute atomic E-state index is 13.9. The second-order valence-electron chi connectivity index (χ2n) is 20.3. The number of anilines is 2. The third kappa shape index (κ3) is 13.5. The van der Waals surface area contributed by atoms with Gasteiger partial charge in [0.25, 0.3) is 0 Å². The fourth-order valence-corrected chi connectivity index (χ4v) is 10.8. The number of rotatable bonds is 16. The van der Waals surface area contributed by atoms with Crippen molar-refractivity contribution in [2.24, 2.45) is 23.7 Å². The van der Waals surface area contributed by atoms with Crippen LogP contribution in [0.15, 0.2) is 97.5 Å². The van der Waals surface area contributed by atoms with Crippen LogP contribution >= 0.6 is 0 Å². The van der Waals surface area contributed by atoms with Gasteiger partial charge in [-0.1, -0.05) is 127 Å². The number of hydrogen-bond donors (Lipinski definition) is 4. The highest BCUT2D eigenvalue weighted by atomic mass is 16.2. The Hall–Kier alpha value is -6.44. The Morgan fingerprint density at radius 3 is 1.50 bits per heavy atom. The number of amides is 6. The van der Waals surface area contributed by atoms with Crippen molar-refractivity contribution in [2.75, 3.05) is 23.7 Å². The summed E-state index contributed by atoms with van der Waals surface area (Å²) in [7, 11) is 0. The number of carbonyl (C=O) groups is 6. The highest BCUT2D eigenvalue weighted by Gasteiger charge is 2.43. The fraction of sp³-hybridized carbons (Fsp3) is 0.517. The number of nitrogens with one attached hydrogen (secondary N) is 4. The monoisotopic (exact) mass is 981 g/mol. The van der Waals surface area contributed by atoms with E-state index >= 15 is 0 Å². The van der Waals surface area contributed by atoms with Gasteiger partial charge in [0.05, 0.1) is 23.3 Å². The second kappa shape index (κ2) is 26.3. The van der Waals surface area contributed by atoms with Crippen molar-refractivity contribution < 1.29 is 28.8 Å². The first-order chi connectivity index (χ1) is 35.0. The molecule has 14 heteroatoms. The van der Waals surface area contributed by atoms with Crippen molar-refractivity contribution in [2.45, 2.75) is 155 Å². The van der Waals surface area contributed by atoms with Gasteiger partial charge < -0.3 is 31.1 Å². The van der Waals surface area contributed by atoms with Gasteiger partial charge in [-0.3, -0.25) is 38.7 Å². The summed E-state index contributed by atoms with van der Waals surface area (Å²) >= 11 is 0. The van der Waals surface area contributed by atoms with Crippen LogP contribution in [0.1, 0.15) is 130 Å².